The Bertz CT molecular complexity index is 381. The van der Waals surface area contributed by atoms with Crippen molar-refractivity contribution in [2.45, 2.75) is 65.4 Å². The minimum Gasteiger partial charge on any atom is -0.385 e. The van der Waals surface area contributed by atoms with Crippen molar-refractivity contribution in [1.29, 1.82) is 0 Å². The first kappa shape index (κ1) is 13.8. The van der Waals surface area contributed by atoms with Crippen molar-refractivity contribution in [2.24, 2.45) is 17.3 Å². The highest BCUT2D eigenvalue weighted by Crippen LogP contribution is 2.46. The number of hydrogen-bond acceptors (Lipinski definition) is 2. The Kier molecular flexibility index (Phi) is 3.44. The highest BCUT2D eigenvalue weighted by Gasteiger charge is 2.49. The summed E-state index contributed by atoms with van der Waals surface area (Å²) < 4.78 is 0. The molecule has 0 aromatic rings. The van der Waals surface area contributed by atoms with E-state index in [1.54, 1.807) is 0 Å². The fourth-order valence-corrected chi connectivity index (χ4v) is 3.96. The molecule has 0 aromatic heterocycles. The van der Waals surface area contributed by atoms with Gasteiger partial charge in [0.1, 0.15) is 5.78 Å². The first-order chi connectivity index (χ1) is 8.24. The molecule has 2 aliphatic carbocycles. The molecule has 3 unspecified atom stereocenters. The lowest BCUT2D eigenvalue weighted by molar-refractivity contribution is -0.145. The van der Waals surface area contributed by atoms with Gasteiger partial charge in [-0.25, -0.2) is 0 Å². The lowest BCUT2D eigenvalue weighted by Gasteiger charge is -2.45. The molecule has 2 aliphatic rings. The zero-order valence-corrected chi connectivity index (χ0v) is 12.1. The molecule has 0 radical (unpaired) electrons. The summed E-state index contributed by atoms with van der Waals surface area (Å²) in [5, 5.41) is 10.9. The van der Waals surface area contributed by atoms with Crippen LogP contribution < -0.4 is 0 Å². The number of carbonyl (C=O) groups excluding carboxylic acids is 1. The lowest BCUT2D eigenvalue weighted by atomic mass is 9.60. The maximum absolute atomic E-state index is 12.6. The predicted molar refractivity (Wildman–Crippen MR) is 73.2 cm³/mol. The van der Waals surface area contributed by atoms with Gasteiger partial charge in [-0.1, -0.05) is 32.4 Å². The molecule has 0 spiro atoms. The third kappa shape index (κ3) is 2.40. The Morgan fingerprint density at radius 3 is 2.67 bits per heavy atom. The van der Waals surface area contributed by atoms with Crippen LogP contribution in [0.5, 0.6) is 0 Å². The Morgan fingerprint density at radius 2 is 2.06 bits per heavy atom. The highest BCUT2D eigenvalue weighted by atomic mass is 16.3. The second kappa shape index (κ2) is 4.48. The quantitative estimate of drug-likeness (QED) is 0.723. The molecular formula is C16H26O2. The third-order valence-corrected chi connectivity index (χ3v) is 4.73. The highest BCUT2D eigenvalue weighted by molar-refractivity contribution is 5.88. The maximum Gasteiger partial charge on any atom is 0.144 e. The van der Waals surface area contributed by atoms with Crippen molar-refractivity contribution in [3.8, 4) is 0 Å². The van der Waals surface area contributed by atoms with Crippen molar-refractivity contribution in [1.82, 2.24) is 0 Å². The molecule has 102 valence electrons. The Hall–Kier alpha value is -0.630. The van der Waals surface area contributed by atoms with Gasteiger partial charge in [0.2, 0.25) is 0 Å². The van der Waals surface area contributed by atoms with Crippen LogP contribution in [0.25, 0.3) is 0 Å². The zero-order valence-electron chi connectivity index (χ0n) is 12.1. The molecule has 0 saturated heterocycles. The van der Waals surface area contributed by atoms with Gasteiger partial charge in [0.15, 0.2) is 0 Å². The number of rotatable bonds is 1. The third-order valence-electron chi connectivity index (χ3n) is 4.73. The molecule has 1 fully saturated rings. The molecular weight excluding hydrogens is 224 g/mol. The van der Waals surface area contributed by atoms with Gasteiger partial charge in [0.05, 0.1) is 11.5 Å². The summed E-state index contributed by atoms with van der Waals surface area (Å²) in [6, 6.07) is 0. The molecule has 0 aliphatic heterocycles. The smallest absolute Gasteiger partial charge is 0.144 e. The number of ketones is 1. The van der Waals surface area contributed by atoms with Crippen LogP contribution in [0.2, 0.25) is 0 Å². The minimum absolute atomic E-state index is 0.202. The van der Waals surface area contributed by atoms with E-state index < -0.39 is 5.60 Å². The van der Waals surface area contributed by atoms with Crippen LogP contribution in [0.15, 0.2) is 11.6 Å². The number of hydrogen-bond donors (Lipinski definition) is 1. The first-order valence-corrected chi connectivity index (χ1v) is 7.20. The van der Waals surface area contributed by atoms with Gasteiger partial charge in [-0.05, 0) is 44.9 Å². The Morgan fingerprint density at radius 1 is 1.39 bits per heavy atom. The molecule has 0 aromatic carbocycles. The summed E-state index contributed by atoms with van der Waals surface area (Å²) >= 11 is 0. The van der Waals surface area contributed by atoms with E-state index in [9.17, 15) is 9.90 Å². The van der Waals surface area contributed by atoms with Gasteiger partial charge in [-0.2, -0.15) is 0 Å². The fraction of sp³-hybridized carbons (Fsp3) is 0.812. The summed E-state index contributed by atoms with van der Waals surface area (Å²) in [7, 11) is 0. The van der Waals surface area contributed by atoms with Gasteiger partial charge in [0.25, 0.3) is 0 Å². The Balaban J connectivity index is 2.31. The van der Waals surface area contributed by atoms with Crippen molar-refractivity contribution in [3.05, 3.63) is 11.6 Å². The van der Waals surface area contributed by atoms with Gasteiger partial charge in [0, 0.05) is 5.41 Å². The van der Waals surface area contributed by atoms with Crippen molar-refractivity contribution in [2.75, 3.05) is 0 Å². The van der Waals surface area contributed by atoms with E-state index in [1.165, 1.54) is 5.57 Å². The second-order valence-corrected chi connectivity index (χ2v) is 7.18. The van der Waals surface area contributed by atoms with Crippen LogP contribution in [-0.4, -0.2) is 16.5 Å². The number of allylic oxidation sites excluding steroid dienone is 1. The normalized spacial score (nSPS) is 40.5. The molecule has 2 nitrogen and oxygen atoms in total. The SMILES string of the molecule is CC1=CC(O)(C2CC(C)CC(C)(C)C2=O)CCC1. The van der Waals surface area contributed by atoms with E-state index in [2.05, 4.69) is 13.8 Å². The van der Waals surface area contributed by atoms with Crippen molar-refractivity contribution in [3.63, 3.8) is 0 Å². The second-order valence-electron chi connectivity index (χ2n) is 7.18. The van der Waals surface area contributed by atoms with E-state index in [1.807, 2.05) is 19.9 Å². The summed E-state index contributed by atoms with van der Waals surface area (Å²) in [5.74, 6) is 0.572. The first-order valence-electron chi connectivity index (χ1n) is 7.20. The number of Topliss-reactive ketones (excluding diaryl/α,β-unsaturated/α-hetero) is 1. The summed E-state index contributed by atoms with van der Waals surface area (Å²) in [6.45, 7) is 8.32. The molecule has 1 saturated carbocycles. The molecule has 2 rings (SSSR count). The summed E-state index contributed by atoms with van der Waals surface area (Å²) in [4.78, 5) is 12.6. The number of carbonyl (C=O) groups is 1. The molecule has 18 heavy (non-hydrogen) atoms. The van der Waals surface area contributed by atoms with Crippen LogP contribution in [-0.2, 0) is 4.79 Å². The van der Waals surface area contributed by atoms with Crippen LogP contribution in [0.3, 0.4) is 0 Å². The topological polar surface area (TPSA) is 37.3 Å². The maximum atomic E-state index is 12.6. The van der Waals surface area contributed by atoms with Crippen LogP contribution in [0.1, 0.15) is 59.8 Å². The molecule has 0 heterocycles. The van der Waals surface area contributed by atoms with Gasteiger partial charge < -0.3 is 5.11 Å². The minimum atomic E-state index is -0.884. The predicted octanol–water partition coefficient (Wildman–Crippen LogP) is 3.49. The van der Waals surface area contributed by atoms with E-state index >= 15 is 0 Å². The molecule has 1 N–H and O–H groups in total. The van der Waals surface area contributed by atoms with Crippen molar-refractivity contribution < 1.29 is 9.90 Å². The van der Waals surface area contributed by atoms with Gasteiger partial charge in [-0.15, -0.1) is 0 Å². The lowest BCUT2D eigenvalue weighted by Crippen LogP contribution is -2.50. The van der Waals surface area contributed by atoms with Crippen LogP contribution >= 0.6 is 0 Å². The summed E-state index contributed by atoms with van der Waals surface area (Å²) in [5.41, 5.74) is 0.0652. The fourth-order valence-electron chi connectivity index (χ4n) is 3.96. The largest absolute Gasteiger partial charge is 0.385 e. The van der Waals surface area contributed by atoms with Gasteiger partial charge >= 0.3 is 0 Å². The standard InChI is InChI=1S/C16H26O2/c1-11-6-5-7-16(18,10-11)13-8-12(2)9-15(3,4)14(13)17/h10,12-13,18H,5-9H2,1-4H3. The monoisotopic (exact) mass is 250 g/mol. The van der Waals surface area contributed by atoms with E-state index in [0.717, 1.165) is 32.1 Å². The van der Waals surface area contributed by atoms with E-state index in [-0.39, 0.29) is 17.1 Å². The zero-order chi connectivity index (χ0) is 13.6. The van der Waals surface area contributed by atoms with Crippen molar-refractivity contribution >= 4 is 5.78 Å². The average Bonchev–Trinajstić information content (AvgIpc) is 2.22. The van der Waals surface area contributed by atoms with Gasteiger partial charge in [-0.3, -0.25) is 4.79 Å². The van der Waals surface area contributed by atoms with Crippen LogP contribution in [0, 0.1) is 17.3 Å². The summed E-state index contributed by atoms with van der Waals surface area (Å²) in [6.07, 6.45) is 6.54. The Labute approximate surface area is 110 Å². The van der Waals surface area contributed by atoms with E-state index in [0.29, 0.717) is 5.92 Å². The molecule has 2 heteroatoms. The molecule has 0 bridgehead atoms. The average molecular weight is 250 g/mol. The van der Waals surface area contributed by atoms with Crippen LogP contribution in [0.4, 0.5) is 0 Å². The van der Waals surface area contributed by atoms with E-state index in [4.69, 9.17) is 0 Å². The molecule has 0 amide bonds. The number of aliphatic hydroxyl groups is 1. The molecule has 3 atom stereocenters.